The van der Waals surface area contributed by atoms with E-state index in [9.17, 15) is 14.0 Å². The quantitative estimate of drug-likeness (QED) is 0.760. The minimum atomic E-state index is -0.366. The van der Waals surface area contributed by atoms with Crippen LogP contribution in [0.5, 0.6) is 0 Å². The SMILES string of the molecule is O=C(CCNC(=O)Cc1ccccc1)NCc1cc(Br)ccc1F. The molecule has 2 rings (SSSR count). The molecule has 126 valence electrons. The molecule has 0 saturated heterocycles. The maximum Gasteiger partial charge on any atom is 0.224 e. The van der Waals surface area contributed by atoms with Gasteiger partial charge in [0.1, 0.15) is 5.82 Å². The first-order valence-corrected chi connectivity index (χ1v) is 8.35. The van der Waals surface area contributed by atoms with Crippen LogP contribution < -0.4 is 10.6 Å². The number of carbonyl (C=O) groups is 2. The molecule has 4 nitrogen and oxygen atoms in total. The molecule has 0 aliphatic rings. The lowest BCUT2D eigenvalue weighted by molar-refractivity contribution is -0.122. The summed E-state index contributed by atoms with van der Waals surface area (Å²) in [4.78, 5) is 23.5. The summed E-state index contributed by atoms with van der Waals surface area (Å²) in [6.45, 7) is 0.362. The monoisotopic (exact) mass is 392 g/mol. The number of amides is 2. The predicted molar refractivity (Wildman–Crippen MR) is 93.7 cm³/mol. The number of carbonyl (C=O) groups excluding carboxylic acids is 2. The van der Waals surface area contributed by atoms with Crippen LogP contribution in [0.15, 0.2) is 53.0 Å². The first-order valence-electron chi connectivity index (χ1n) is 7.56. The molecular formula is C18H18BrFN2O2. The standard InChI is InChI=1S/C18H18BrFN2O2/c19-15-6-7-16(20)14(11-15)12-22-17(23)8-9-21-18(24)10-13-4-2-1-3-5-13/h1-7,11H,8-10,12H2,(H,21,24)(H,22,23). The highest BCUT2D eigenvalue weighted by molar-refractivity contribution is 9.10. The summed E-state index contributed by atoms with van der Waals surface area (Å²) >= 11 is 3.26. The third kappa shape index (κ3) is 6.12. The van der Waals surface area contributed by atoms with E-state index in [1.807, 2.05) is 30.3 Å². The molecule has 0 unspecified atom stereocenters. The molecule has 0 heterocycles. The Hall–Kier alpha value is -2.21. The largest absolute Gasteiger partial charge is 0.355 e. The van der Waals surface area contributed by atoms with Crippen LogP contribution in [0.4, 0.5) is 4.39 Å². The van der Waals surface area contributed by atoms with Gasteiger partial charge in [-0.1, -0.05) is 46.3 Å². The maximum atomic E-state index is 13.6. The summed E-state index contributed by atoms with van der Waals surface area (Å²) in [5.41, 5.74) is 1.33. The van der Waals surface area contributed by atoms with E-state index in [4.69, 9.17) is 0 Å². The van der Waals surface area contributed by atoms with Gasteiger partial charge in [-0.05, 0) is 23.8 Å². The van der Waals surface area contributed by atoms with Gasteiger partial charge < -0.3 is 10.6 Å². The molecule has 0 radical (unpaired) electrons. The van der Waals surface area contributed by atoms with E-state index < -0.39 is 0 Å². The lowest BCUT2D eigenvalue weighted by Crippen LogP contribution is -2.31. The van der Waals surface area contributed by atoms with Crippen molar-refractivity contribution >= 4 is 27.7 Å². The van der Waals surface area contributed by atoms with Crippen molar-refractivity contribution in [3.05, 3.63) is 69.9 Å². The van der Waals surface area contributed by atoms with Crippen molar-refractivity contribution in [2.45, 2.75) is 19.4 Å². The summed E-state index contributed by atoms with van der Waals surface area (Å²) in [7, 11) is 0. The minimum Gasteiger partial charge on any atom is -0.355 e. The minimum absolute atomic E-state index is 0.113. The molecular weight excluding hydrogens is 375 g/mol. The molecule has 0 fully saturated rings. The molecule has 2 aromatic carbocycles. The second-order valence-electron chi connectivity index (χ2n) is 5.27. The number of rotatable bonds is 7. The summed E-state index contributed by atoms with van der Waals surface area (Å²) in [6, 6.07) is 13.9. The smallest absolute Gasteiger partial charge is 0.224 e. The number of nitrogens with one attached hydrogen (secondary N) is 2. The fourth-order valence-electron chi connectivity index (χ4n) is 2.12. The van der Waals surface area contributed by atoms with Gasteiger partial charge in [0.05, 0.1) is 6.42 Å². The van der Waals surface area contributed by atoms with Gasteiger partial charge in [0.2, 0.25) is 11.8 Å². The van der Waals surface area contributed by atoms with Gasteiger partial charge in [-0.25, -0.2) is 4.39 Å². The molecule has 2 aromatic rings. The zero-order valence-electron chi connectivity index (χ0n) is 13.0. The molecule has 0 aliphatic heterocycles. The average Bonchev–Trinajstić information content (AvgIpc) is 2.56. The summed E-state index contributed by atoms with van der Waals surface area (Å²) < 4.78 is 14.3. The molecule has 2 amide bonds. The van der Waals surface area contributed by atoms with Crippen LogP contribution >= 0.6 is 15.9 Å². The molecule has 0 aromatic heterocycles. The zero-order chi connectivity index (χ0) is 17.4. The summed E-state index contributed by atoms with van der Waals surface area (Å²) in [6.07, 6.45) is 0.432. The fourth-order valence-corrected chi connectivity index (χ4v) is 2.53. The van der Waals surface area contributed by atoms with Gasteiger partial charge in [-0.3, -0.25) is 9.59 Å². The summed E-state index contributed by atoms with van der Waals surface area (Å²) in [5.74, 6) is -0.740. The molecule has 0 saturated carbocycles. The van der Waals surface area contributed by atoms with Crippen molar-refractivity contribution in [3.8, 4) is 0 Å². The van der Waals surface area contributed by atoms with E-state index in [1.54, 1.807) is 12.1 Å². The molecule has 24 heavy (non-hydrogen) atoms. The molecule has 0 atom stereocenters. The van der Waals surface area contributed by atoms with Crippen molar-refractivity contribution in [2.75, 3.05) is 6.54 Å². The topological polar surface area (TPSA) is 58.2 Å². The van der Waals surface area contributed by atoms with Crippen LogP contribution in [0.25, 0.3) is 0 Å². The van der Waals surface area contributed by atoms with Crippen molar-refractivity contribution in [2.24, 2.45) is 0 Å². The lowest BCUT2D eigenvalue weighted by Gasteiger charge is -2.08. The van der Waals surface area contributed by atoms with Crippen LogP contribution in [0.3, 0.4) is 0 Å². The normalized spacial score (nSPS) is 10.2. The van der Waals surface area contributed by atoms with E-state index in [-0.39, 0.29) is 43.6 Å². The second kappa shape index (κ2) is 9.17. The first kappa shape index (κ1) is 18.1. The summed E-state index contributed by atoms with van der Waals surface area (Å²) in [5, 5.41) is 5.34. The highest BCUT2D eigenvalue weighted by Crippen LogP contribution is 2.15. The van der Waals surface area contributed by atoms with Crippen LogP contribution in [0.2, 0.25) is 0 Å². The van der Waals surface area contributed by atoms with Crippen molar-refractivity contribution in [1.82, 2.24) is 10.6 Å². The Morgan fingerprint density at radius 2 is 1.75 bits per heavy atom. The Morgan fingerprint density at radius 3 is 2.50 bits per heavy atom. The lowest BCUT2D eigenvalue weighted by atomic mass is 10.1. The molecule has 0 spiro atoms. The zero-order valence-corrected chi connectivity index (χ0v) is 14.6. The van der Waals surface area contributed by atoms with Crippen LogP contribution in [0.1, 0.15) is 17.5 Å². The molecule has 0 aliphatic carbocycles. The molecule has 6 heteroatoms. The van der Waals surface area contributed by atoms with Gasteiger partial charge in [-0.2, -0.15) is 0 Å². The van der Waals surface area contributed by atoms with Crippen LogP contribution in [-0.4, -0.2) is 18.4 Å². The Kier molecular flexibility index (Phi) is 6.93. The van der Waals surface area contributed by atoms with Gasteiger partial charge >= 0.3 is 0 Å². The highest BCUT2D eigenvalue weighted by atomic mass is 79.9. The van der Waals surface area contributed by atoms with Gasteiger partial charge in [0, 0.05) is 29.5 Å². The maximum absolute atomic E-state index is 13.6. The first-order chi connectivity index (χ1) is 11.5. The van der Waals surface area contributed by atoms with E-state index in [1.165, 1.54) is 6.07 Å². The van der Waals surface area contributed by atoms with Gasteiger partial charge in [0.15, 0.2) is 0 Å². The Bertz CT molecular complexity index is 707. The van der Waals surface area contributed by atoms with Crippen molar-refractivity contribution in [1.29, 1.82) is 0 Å². The number of hydrogen-bond donors (Lipinski definition) is 2. The Labute approximate surface area is 148 Å². The van der Waals surface area contributed by atoms with E-state index in [0.717, 1.165) is 10.0 Å². The fraction of sp³-hybridized carbons (Fsp3) is 0.222. The van der Waals surface area contributed by atoms with Crippen LogP contribution in [-0.2, 0) is 22.6 Å². The van der Waals surface area contributed by atoms with Crippen molar-refractivity contribution < 1.29 is 14.0 Å². The third-order valence-corrected chi connectivity index (χ3v) is 3.86. The highest BCUT2D eigenvalue weighted by Gasteiger charge is 2.07. The van der Waals surface area contributed by atoms with Gasteiger partial charge in [-0.15, -0.1) is 0 Å². The third-order valence-electron chi connectivity index (χ3n) is 3.37. The van der Waals surface area contributed by atoms with Crippen molar-refractivity contribution in [3.63, 3.8) is 0 Å². The predicted octanol–water partition coefficient (Wildman–Crippen LogP) is 2.95. The molecule has 2 N–H and O–H groups in total. The van der Waals surface area contributed by atoms with E-state index in [2.05, 4.69) is 26.6 Å². The molecule has 0 bridgehead atoms. The Balaban J connectivity index is 1.68. The number of benzene rings is 2. The second-order valence-corrected chi connectivity index (χ2v) is 6.19. The van der Waals surface area contributed by atoms with Gasteiger partial charge in [0.25, 0.3) is 0 Å². The van der Waals surface area contributed by atoms with Crippen LogP contribution in [0, 0.1) is 5.82 Å². The number of halogens is 2. The Morgan fingerprint density at radius 1 is 1.00 bits per heavy atom. The van der Waals surface area contributed by atoms with E-state index >= 15 is 0 Å². The van der Waals surface area contributed by atoms with E-state index in [0.29, 0.717) is 5.56 Å². The number of hydrogen-bond acceptors (Lipinski definition) is 2. The average molecular weight is 393 g/mol.